The number of carbonyl (C=O) groups excluding carboxylic acids is 2. The van der Waals surface area contributed by atoms with E-state index in [-0.39, 0.29) is 17.9 Å². The number of hydrogen-bond donors (Lipinski definition) is 1. The molecule has 7 nitrogen and oxygen atoms in total. The summed E-state index contributed by atoms with van der Waals surface area (Å²) in [6.07, 6.45) is 0.721. The molecule has 2 aliphatic rings. The van der Waals surface area contributed by atoms with Gasteiger partial charge in [0, 0.05) is 17.5 Å². The molecule has 0 saturated carbocycles. The topological polar surface area (TPSA) is 85.3 Å². The van der Waals surface area contributed by atoms with Crippen LogP contribution in [0.2, 0.25) is 0 Å². The number of methoxy groups -OCH3 is 1. The molecule has 1 amide bonds. The number of likely N-dealkylation sites (tertiary alicyclic amines) is 1. The summed E-state index contributed by atoms with van der Waals surface area (Å²) in [6.45, 7) is 3.07. The van der Waals surface area contributed by atoms with Crippen LogP contribution in [0.4, 0.5) is 0 Å². The van der Waals surface area contributed by atoms with E-state index in [9.17, 15) is 14.7 Å². The molecular formula is C29H27NO6. The van der Waals surface area contributed by atoms with Crippen molar-refractivity contribution in [1.82, 2.24) is 4.90 Å². The highest BCUT2D eigenvalue weighted by atomic mass is 16.5. The van der Waals surface area contributed by atoms with Crippen molar-refractivity contribution in [3.8, 4) is 17.2 Å². The Morgan fingerprint density at radius 2 is 1.92 bits per heavy atom. The van der Waals surface area contributed by atoms with E-state index in [0.717, 1.165) is 23.3 Å². The van der Waals surface area contributed by atoms with Crippen LogP contribution in [0, 0.1) is 0 Å². The van der Waals surface area contributed by atoms with Crippen LogP contribution >= 0.6 is 0 Å². The van der Waals surface area contributed by atoms with Crippen LogP contribution < -0.4 is 14.2 Å². The minimum atomic E-state index is -0.806. The molecule has 1 saturated heterocycles. The summed E-state index contributed by atoms with van der Waals surface area (Å²) in [4.78, 5) is 28.3. The zero-order valence-electron chi connectivity index (χ0n) is 20.2. The Kier molecular flexibility index (Phi) is 6.38. The lowest BCUT2D eigenvalue weighted by Gasteiger charge is -2.26. The van der Waals surface area contributed by atoms with Crippen molar-refractivity contribution >= 4 is 17.4 Å². The van der Waals surface area contributed by atoms with Crippen molar-refractivity contribution in [2.24, 2.45) is 0 Å². The minimum Gasteiger partial charge on any atom is -0.507 e. The summed E-state index contributed by atoms with van der Waals surface area (Å²) in [5.41, 5.74) is 2.89. The summed E-state index contributed by atoms with van der Waals surface area (Å²) in [5.74, 6) is 0.374. The number of fused-ring (bicyclic) bond motifs is 1. The van der Waals surface area contributed by atoms with Gasteiger partial charge in [-0.1, -0.05) is 30.3 Å². The predicted octanol–water partition coefficient (Wildman–Crippen LogP) is 4.65. The van der Waals surface area contributed by atoms with Gasteiger partial charge in [0.15, 0.2) is 0 Å². The van der Waals surface area contributed by atoms with E-state index in [1.165, 1.54) is 4.90 Å². The van der Waals surface area contributed by atoms with Gasteiger partial charge in [-0.2, -0.15) is 0 Å². The normalized spacial score (nSPS) is 18.2. The molecule has 0 spiro atoms. The second kappa shape index (κ2) is 9.77. The molecule has 3 aromatic carbocycles. The fraction of sp³-hybridized carbons (Fsp3) is 0.241. The second-order valence-electron chi connectivity index (χ2n) is 8.67. The van der Waals surface area contributed by atoms with E-state index in [1.807, 2.05) is 55.5 Å². The summed E-state index contributed by atoms with van der Waals surface area (Å²) < 4.78 is 16.7. The number of nitrogens with zero attached hydrogens (tertiary/aromatic N) is 1. The first-order valence-electron chi connectivity index (χ1n) is 11.9. The fourth-order valence-corrected chi connectivity index (χ4v) is 4.84. The van der Waals surface area contributed by atoms with E-state index in [2.05, 4.69) is 0 Å². The van der Waals surface area contributed by atoms with Gasteiger partial charge in [0.25, 0.3) is 11.7 Å². The number of para-hydroxylation sites is 1. The van der Waals surface area contributed by atoms with Gasteiger partial charge in [-0.05, 0) is 54.4 Å². The quantitative estimate of drug-likeness (QED) is 0.298. The Hall–Kier alpha value is -4.26. The monoisotopic (exact) mass is 485 g/mol. The van der Waals surface area contributed by atoms with Gasteiger partial charge in [0.2, 0.25) is 0 Å². The predicted molar refractivity (Wildman–Crippen MR) is 134 cm³/mol. The van der Waals surface area contributed by atoms with Crippen LogP contribution in [0.25, 0.3) is 5.76 Å². The van der Waals surface area contributed by atoms with Crippen LogP contribution in [0.5, 0.6) is 17.2 Å². The zero-order valence-corrected chi connectivity index (χ0v) is 20.2. The molecule has 7 heteroatoms. The smallest absolute Gasteiger partial charge is 0.295 e. The number of rotatable bonds is 7. The molecule has 36 heavy (non-hydrogen) atoms. The van der Waals surface area contributed by atoms with Crippen LogP contribution in [-0.2, 0) is 22.6 Å². The van der Waals surface area contributed by atoms with E-state index < -0.39 is 17.7 Å². The summed E-state index contributed by atoms with van der Waals surface area (Å²) in [6, 6.07) is 19.1. The van der Waals surface area contributed by atoms with Gasteiger partial charge in [0.1, 0.15) is 23.0 Å². The summed E-state index contributed by atoms with van der Waals surface area (Å²) in [7, 11) is 1.56. The average molecular weight is 486 g/mol. The molecular weight excluding hydrogens is 458 g/mol. The zero-order chi connectivity index (χ0) is 25.2. The van der Waals surface area contributed by atoms with Gasteiger partial charge in [-0.15, -0.1) is 0 Å². The summed E-state index contributed by atoms with van der Waals surface area (Å²) in [5, 5.41) is 11.4. The first kappa shape index (κ1) is 23.5. The van der Waals surface area contributed by atoms with Gasteiger partial charge in [-0.25, -0.2) is 0 Å². The first-order chi connectivity index (χ1) is 17.5. The molecule has 1 atom stereocenters. The fourth-order valence-electron chi connectivity index (χ4n) is 4.84. The van der Waals surface area contributed by atoms with E-state index >= 15 is 0 Å². The number of Topliss-reactive ketones (excluding diaryl/α,β-unsaturated/α-hetero) is 1. The third-order valence-corrected chi connectivity index (χ3v) is 6.52. The highest BCUT2D eigenvalue weighted by Crippen LogP contribution is 2.42. The van der Waals surface area contributed by atoms with Crippen LogP contribution in [0.15, 0.2) is 72.3 Å². The Balaban J connectivity index is 1.65. The number of benzene rings is 3. The molecule has 0 radical (unpaired) electrons. The maximum atomic E-state index is 13.4. The van der Waals surface area contributed by atoms with Crippen molar-refractivity contribution < 1.29 is 28.9 Å². The first-order valence-corrected chi connectivity index (χ1v) is 11.9. The number of carbonyl (C=O) groups is 2. The minimum absolute atomic E-state index is 0.0439. The van der Waals surface area contributed by atoms with Crippen molar-refractivity contribution in [2.45, 2.75) is 25.9 Å². The van der Waals surface area contributed by atoms with Crippen molar-refractivity contribution in [2.75, 3.05) is 20.3 Å². The lowest BCUT2D eigenvalue weighted by Crippen LogP contribution is -2.29. The SMILES string of the molecule is CCOc1cccc(C2/C(=C(/O)c3ccc4c(c3)CCO4)C(=O)C(=O)N2Cc2ccccc2OC)c1. The Labute approximate surface area is 209 Å². The third-order valence-electron chi connectivity index (χ3n) is 6.52. The highest BCUT2D eigenvalue weighted by Gasteiger charge is 2.46. The molecule has 1 unspecified atom stereocenters. The number of ether oxygens (including phenoxy) is 3. The van der Waals surface area contributed by atoms with Crippen LogP contribution in [0.3, 0.4) is 0 Å². The molecule has 5 rings (SSSR count). The largest absolute Gasteiger partial charge is 0.507 e. The lowest BCUT2D eigenvalue weighted by atomic mass is 9.94. The van der Waals surface area contributed by atoms with Gasteiger partial charge < -0.3 is 24.2 Å². The molecule has 3 aromatic rings. The van der Waals surface area contributed by atoms with Gasteiger partial charge in [-0.3, -0.25) is 9.59 Å². The van der Waals surface area contributed by atoms with Gasteiger partial charge >= 0.3 is 0 Å². The Morgan fingerprint density at radius 1 is 1.08 bits per heavy atom. The number of amides is 1. The summed E-state index contributed by atoms with van der Waals surface area (Å²) >= 11 is 0. The van der Waals surface area contributed by atoms with Gasteiger partial charge in [0.05, 0.1) is 38.5 Å². The van der Waals surface area contributed by atoms with E-state index in [1.54, 1.807) is 25.3 Å². The molecule has 2 aliphatic heterocycles. The number of aliphatic hydroxyl groups excluding tert-OH is 1. The number of hydrogen-bond acceptors (Lipinski definition) is 6. The molecule has 0 bridgehead atoms. The molecule has 0 aromatic heterocycles. The maximum absolute atomic E-state index is 13.4. The molecule has 1 N–H and O–H groups in total. The van der Waals surface area contributed by atoms with Crippen LogP contribution in [-0.4, -0.2) is 42.0 Å². The lowest BCUT2D eigenvalue weighted by molar-refractivity contribution is -0.140. The third kappa shape index (κ3) is 4.17. The molecule has 1 fully saturated rings. The van der Waals surface area contributed by atoms with Crippen molar-refractivity contribution in [1.29, 1.82) is 0 Å². The molecule has 184 valence electrons. The molecule has 2 heterocycles. The Morgan fingerprint density at radius 3 is 2.72 bits per heavy atom. The standard InChI is InChI=1S/C29H27NO6/c1-3-35-22-9-6-8-19(16-22)26-25(27(31)20-11-12-24-18(15-20)13-14-36-24)28(32)29(33)30(26)17-21-7-4-5-10-23(21)34-2/h4-12,15-16,26,31H,3,13-14,17H2,1-2H3/b27-25-. The van der Waals surface area contributed by atoms with E-state index in [0.29, 0.717) is 35.8 Å². The van der Waals surface area contributed by atoms with Crippen LogP contribution in [0.1, 0.15) is 35.2 Å². The number of ketones is 1. The second-order valence-corrected chi connectivity index (χ2v) is 8.67. The Bertz CT molecular complexity index is 1360. The van der Waals surface area contributed by atoms with E-state index in [4.69, 9.17) is 14.2 Å². The number of aliphatic hydroxyl groups is 1. The van der Waals surface area contributed by atoms with Crippen molar-refractivity contribution in [3.05, 3.63) is 94.6 Å². The molecule has 0 aliphatic carbocycles. The van der Waals surface area contributed by atoms with Crippen molar-refractivity contribution in [3.63, 3.8) is 0 Å². The highest BCUT2D eigenvalue weighted by molar-refractivity contribution is 6.46. The average Bonchev–Trinajstić information content (AvgIpc) is 3.47. The maximum Gasteiger partial charge on any atom is 0.295 e.